The van der Waals surface area contributed by atoms with Crippen LogP contribution < -0.4 is 15.8 Å². The second kappa shape index (κ2) is 17.4. The van der Waals surface area contributed by atoms with Gasteiger partial charge in [-0.3, -0.25) is 14.4 Å². The summed E-state index contributed by atoms with van der Waals surface area (Å²) < 4.78 is 11.3. The number of aliphatic hydroxyl groups excluding tert-OH is 2. The van der Waals surface area contributed by atoms with Gasteiger partial charge in [0.25, 0.3) is 0 Å². The molecule has 0 radical (unpaired) electrons. The van der Waals surface area contributed by atoms with Crippen LogP contribution in [0.15, 0.2) is 30.3 Å². The number of hydrogen-bond donors (Lipinski definition) is 6. The van der Waals surface area contributed by atoms with Gasteiger partial charge >= 0.3 is 0 Å². The average molecular weight is 629 g/mol. The van der Waals surface area contributed by atoms with Crippen molar-refractivity contribution in [3.05, 3.63) is 47.0 Å². The number of ether oxygens (including phenoxy) is 2. The maximum Gasteiger partial charge on any atom is 0.224 e. The first kappa shape index (κ1) is 36.1. The summed E-state index contributed by atoms with van der Waals surface area (Å²) >= 11 is 0. The lowest BCUT2D eigenvalue weighted by Crippen LogP contribution is -2.51. The van der Waals surface area contributed by atoms with Gasteiger partial charge in [-0.25, -0.2) is 0 Å². The Hall–Kier alpha value is -3.35. The summed E-state index contributed by atoms with van der Waals surface area (Å²) in [4.78, 5) is 37.6. The first-order chi connectivity index (χ1) is 21.6. The lowest BCUT2D eigenvalue weighted by molar-refractivity contribution is -0.153. The van der Waals surface area contributed by atoms with Crippen LogP contribution in [0.5, 0.6) is 11.5 Å². The molecule has 7 N–H and O–H groups in total. The molecule has 2 unspecified atom stereocenters. The van der Waals surface area contributed by atoms with E-state index in [-0.39, 0.29) is 43.0 Å². The fraction of sp³-hybridized carbons (Fsp3) is 0.559. The molecule has 1 aliphatic carbocycles. The molecule has 0 aromatic heterocycles. The summed E-state index contributed by atoms with van der Waals surface area (Å²) in [5.74, 6) is -3.05. The Morgan fingerprint density at radius 2 is 1.87 bits per heavy atom. The number of carbonyl (C=O) groups excluding carboxylic acids is 3. The van der Waals surface area contributed by atoms with E-state index < -0.39 is 42.2 Å². The smallest absolute Gasteiger partial charge is 0.224 e. The van der Waals surface area contributed by atoms with Gasteiger partial charge in [0.15, 0.2) is 11.6 Å². The molecule has 1 aliphatic rings. The predicted octanol–water partition coefficient (Wildman–Crippen LogP) is 2.67. The fourth-order valence-electron chi connectivity index (χ4n) is 6.12. The first-order valence-electron chi connectivity index (χ1n) is 15.7. The van der Waals surface area contributed by atoms with E-state index in [0.717, 1.165) is 43.5 Å². The molecule has 248 valence electrons. The maximum absolute atomic E-state index is 13.4. The van der Waals surface area contributed by atoms with Gasteiger partial charge in [0, 0.05) is 38.3 Å². The van der Waals surface area contributed by atoms with Crippen LogP contribution in [0.3, 0.4) is 0 Å². The number of methoxy groups -OCH3 is 1. The van der Waals surface area contributed by atoms with Gasteiger partial charge in [-0.2, -0.15) is 0 Å². The SMILES string of the molecule is CCCCOCCCNCc1ccc(OC)c(-c2ccc(O)c3c2CC(CC(CCO)[C@](O)(CO)C(=O)CC(N)=O)CC3=O)c1. The average Bonchev–Trinajstić information content (AvgIpc) is 3.01. The van der Waals surface area contributed by atoms with Crippen molar-refractivity contribution in [3.8, 4) is 22.6 Å². The van der Waals surface area contributed by atoms with Crippen molar-refractivity contribution in [3.63, 3.8) is 0 Å². The van der Waals surface area contributed by atoms with E-state index in [0.29, 0.717) is 36.4 Å². The minimum Gasteiger partial charge on any atom is -0.507 e. The normalized spacial score (nSPS) is 16.6. The molecule has 0 heterocycles. The van der Waals surface area contributed by atoms with Crippen molar-refractivity contribution >= 4 is 17.5 Å². The van der Waals surface area contributed by atoms with Crippen LogP contribution in [-0.2, 0) is 27.3 Å². The van der Waals surface area contributed by atoms with E-state index in [1.807, 2.05) is 18.2 Å². The summed E-state index contributed by atoms with van der Waals surface area (Å²) in [6, 6.07) is 9.07. The topological polar surface area (TPSA) is 189 Å². The van der Waals surface area contributed by atoms with Gasteiger partial charge in [-0.05, 0) is 85.4 Å². The summed E-state index contributed by atoms with van der Waals surface area (Å²) in [7, 11) is 1.56. The van der Waals surface area contributed by atoms with Gasteiger partial charge < -0.3 is 41.0 Å². The van der Waals surface area contributed by atoms with Crippen molar-refractivity contribution in [1.82, 2.24) is 5.32 Å². The molecule has 3 rings (SSSR count). The third-order valence-corrected chi connectivity index (χ3v) is 8.53. The molecule has 0 fully saturated rings. The number of unbranched alkanes of at least 4 members (excludes halogenated alkanes) is 1. The summed E-state index contributed by atoms with van der Waals surface area (Å²) in [5, 5.41) is 45.1. The Labute approximate surface area is 264 Å². The Bertz CT molecular complexity index is 1310. The van der Waals surface area contributed by atoms with E-state index in [1.165, 1.54) is 6.07 Å². The lowest BCUT2D eigenvalue weighted by Gasteiger charge is -2.36. The van der Waals surface area contributed by atoms with E-state index in [4.69, 9.17) is 15.2 Å². The van der Waals surface area contributed by atoms with Crippen LogP contribution in [0.25, 0.3) is 11.1 Å². The second-order valence-electron chi connectivity index (χ2n) is 11.8. The van der Waals surface area contributed by atoms with E-state index in [1.54, 1.807) is 13.2 Å². The number of benzene rings is 2. The number of rotatable bonds is 20. The standard InChI is InChI=1S/C34H48N2O9/c1-3-4-13-45-14-5-11-36-20-22-6-9-30(44-2)26(16-22)25-7-8-28(39)33-27(25)17-23(18-29(33)40)15-24(10-12-37)34(43,21-38)31(41)19-32(35)42/h6-9,16,23-24,36-39,43H,3-5,10-15,17-21H2,1-2H3,(H2,35,42)/t23?,24?,34-/m1/s1. The number of phenolic OH excluding ortho intramolecular Hbond substituents is 1. The molecule has 0 saturated heterocycles. The maximum atomic E-state index is 13.4. The molecule has 2 aromatic rings. The molecule has 2 aromatic carbocycles. The Kier molecular flexibility index (Phi) is 13.9. The van der Waals surface area contributed by atoms with Crippen LogP contribution in [0.4, 0.5) is 0 Å². The quantitative estimate of drug-likeness (QED) is 0.0940. The van der Waals surface area contributed by atoms with Gasteiger partial charge in [0.2, 0.25) is 5.91 Å². The third-order valence-electron chi connectivity index (χ3n) is 8.53. The lowest BCUT2D eigenvalue weighted by atomic mass is 9.71. The van der Waals surface area contributed by atoms with Gasteiger partial charge in [0.05, 0.1) is 25.7 Å². The van der Waals surface area contributed by atoms with Gasteiger partial charge in [0.1, 0.15) is 17.1 Å². The molecule has 3 atom stereocenters. The predicted molar refractivity (Wildman–Crippen MR) is 169 cm³/mol. The number of nitrogens with two attached hydrogens (primary N) is 1. The molecule has 0 saturated carbocycles. The number of hydrogen-bond acceptors (Lipinski definition) is 10. The molecule has 0 aliphatic heterocycles. The van der Waals surface area contributed by atoms with Crippen molar-refractivity contribution in [2.24, 2.45) is 17.6 Å². The van der Waals surface area contributed by atoms with Crippen molar-refractivity contribution in [2.75, 3.05) is 40.1 Å². The van der Waals surface area contributed by atoms with E-state index in [9.17, 15) is 34.8 Å². The van der Waals surface area contributed by atoms with Crippen LogP contribution in [0, 0.1) is 11.8 Å². The number of phenols is 1. The second-order valence-corrected chi connectivity index (χ2v) is 11.8. The third kappa shape index (κ3) is 9.34. The summed E-state index contributed by atoms with van der Waals surface area (Å²) in [6.45, 7) is 3.65. The zero-order chi connectivity index (χ0) is 33.0. The number of aromatic hydroxyl groups is 1. The van der Waals surface area contributed by atoms with Crippen LogP contribution in [0.1, 0.15) is 73.4 Å². The van der Waals surface area contributed by atoms with Gasteiger partial charge in [-0.1, -0.05) is 25.5 Å². The van der Waals surface area contributed by atoms with Crippen molar-refractivity contribution in [2.45, 2.75) is 70.4 Å². The number of aliphatic hydroxyl groups is 3. The number of ketones is 2. The van der Waals surface area contributed by atoms with E-state index >= 15 is 0 Å². The fourth-order valence-corrected chi connectivity index (χ4v) is 6.12. The number of carbonyl (C=O) groups is 3. The Balaban J connectivity index is 1.87. The molecule has 11 nitrogen and oxygen atoms in total. The molecule has 0 spiro atoms. The molecular weight excluding hydrogens is 580 g/mol. The highest BCUT2D eigenvalue weighted by Crippen LogP contribution is 2.43. The van der Waals surface area contributed by atoms with Crippen LogP contribution >= 0.6 is 0 Å². The van der Waals surface area contributed by atoms with E-state index in [2.05, 4.69) is 12.2 Å². The van der Waals surface area contributed by atoms with Crippen molar-refractivity contribution < 1.29 is 44.3 Å². The molecular formula is C34H48N2O9. The number of nitrogens with one attached hydrogen (secondary N) is 1. The monoisotopic (exact) mass is 628 g/mol. The molecule has 11 heteroatoms. The molecule has 45 heavy (non-hydrogen) atoms. The minimum atomic E-state index is -2.31. The zero-order valence-electron chi connectivity index (χ0n) is 26.3. The highest BCUT2D eigenvalue weighted by Gasteiger charge is 2.45. The highest BCUT2D eigenvalue weighted by atomic mass is 16.5. The van der Waals surface area contributed by atoms with Crippen LogP contribution in [-0.4, -0.2) is 83.6 Å². The van der Waals surface area contributed by atoms with Crippen molar-refractivity contribution in [1.29, 1.82) is 0 Å². The Morgan fingerprint density at radius 1 is 1.11 bits per heavy atom. The number of fused-ring (bicyclic) bond motifs is 1. The van der Waals surface area contributed by atoms with Crippen LogP contribution in [0.2, 0.25) is 0 Å². The molecule has 0 bridgehead atoms. The minimum absolute atomic E-state index is 0.0285. The number of primary amides is 1. The number of amides is 1. The first-order valence-corrected chi connectivity index (χ1v) is 15.7. The summed E-state index contributed by atoms with van der Waals surface area (Å²) in [6.07, 6.45) is 2.70. The highest BCUT2D eigenvalue weighted by molar-refractivity contribution is 6.03. The summed E-state index contributed by atoms with van der Waals surface area (Å²) in [5.41, 5.74) is 6.15. The molecule has 1 amide bonds. The van der Waals surface area contributed by atoms with Gasteiger partial charge in [-0.15, -0.1) is 0 Å². The zero-order valence-corrected chi connectivity index (χ0v) is 26.3. The largest absolute Gasteiger partial charge is 0.507 e. The Morgan fingerprint density at radius 3 is 2.53 bits per heavy atom. The number of Topliss-reactive ketones (excluding diaryl/α,β-unsaturated/α-hetero) is 2.